The average Bonchev–Trinajstić information content (AvgIpc) is 2.43. The Morgan fingerprint density at radius 1 is 1.09 bits per heavy atom. The molecular weight excluding hydrogens is 134 g/mol. The van der Waals surface area contributed by atoms with E-state index in [0.29, 0.717) is 0 Å². The Bertz CT molecular complexity index is 155. The number of nitrogens with zero attached hydrogens (tertiary/aromatic N) is 1. The van der Waals surface area contributed by atoms with Gasteiger partial charge in [-0.25, -0.2) is 0 Å². The van der Waals surface area contributed by atoms with Crippen LogP contribution in [-0.2, 0) is 0 Å². The molecular formula is C10H19N. The lowest BCUT2D eigenvalue weighted by Gasteiger charge is -2.22. The summed E-state index contributed by atoms with van der Waals surface area (Å²) in [5.41, 5.74) is 0. The van der Waals surface area contributed by atoms with Crippen LogP contribution < -0.4 is 0 Å². The summed E-state index contributed by atoms with van der Waals surface area (Å²) < 4.78 is 0. The van der Waals surface area contributed by atoms with Crippen LogP contribution in [0.4, 0.5) is 0 Å². The van der Waals surface area contributed by atoms with Gasteiger partial charge in [-0.3, -0.25) is 4.90 Å². The van der Waals surface area contributed by atoms with Crippen LogP contribution >= 0.6 is 0 Å². The predicted molar refractivity (Wildman–Crippen MR) is 47.5 cm³/mol. The maximum absolute atomic E-state index is 2.72. The highest BCUT2D eigenvalue weighted by molar-refractivity contribution is 4.96. The summed E-state index contributed by atoms with van der Waals surface area (Å²) in [5.74, 6) is 1.89. The van der Waals surface area contributed by atoms with Crippen LogP contribution in [0.25, 0.3) is 0 Å². The predicted octanol–water partition coefficient (Wildman–Crippen LogP) is 2.13. The quantitative estimate of drug-likeness (QED) is 0.515. The summed E-state index contributed by atoms with van der Waals surface area (Å²) in [4.78, 5) is 2.72. The van der Waals surface area contributed by atoms with E-state index in [9.17, 15) is 0 Å². The van der Waals surface area contributed by atoms with E-state index in [1.807, 2.05) is 0 Å². The van der Waals surface area contributed by atoms with Gasteiger partial charge in [-0.05, 0) is 38.1 Å². The van der Waals surface area contributed by atoms with Gasteiger partial charge in [0, 0.05) is 12.1 Å². The molecule has 64 valence electrons. The topological polar surface area (TPSA) is 3.24 Å². The molecule has 2 rings (SSSR count). The van der Waals surface area contributed by atoms with Crippen molar-refractivity contribution < 1.29 is 0 Å². The van der Waals surface area contributed by atoms with Crippen LogP contribution in [0.3, 0.4) is 0 Å². The molecule has 2 aliphatic rings. The van der Waals surface area contributed by atoms with Crippen molar-refractivity contribution in [2.75, 3.05) is 6.54 Å². The first-order valence-corrected chi connectivity index (χ1v) is 4.96. The fourth-order valence-electron chi connectivity index (χ4n) is 2.82. The van der Waals surface area contributed by atoms with E-state index in [1.165, 1.54) is 19.4 Å². The molecule has 0 aromatic carbocycles. The molecule has 4 atom stereocenters. The van der Waals surface area contributed by atoms with Gasteiger partial charge in [0.05, 0.1) is 0 Å². The first-order valence-electron chi connectivity index (χ1n) is 4.96. The summed E-state index contributed by atoms with van der Waals surface area (Å²) in [7, 11) is 0. The molecule has 0 saturated carbocycles. The standard InChI is InChI=1S/C10H19N/c1-7-4-5-11-9(3)8(2)6-10(7)11/h7-10H,4-6H2,1-3H3. The van der Waals surface area contributed by atoms with Gasteiger partial charge in [0.15, 0.2) is 0 Å². The average molecular weight is 153 g/mol. The largest absolute Gasteiger partial charge is 0.297 e. The van der Waals surface area contributed by atoms with E-state index in [2.05, 4.69) is 25.7 Å². The van der Waals surface area contributed by atoms with Crippen LogP contribution in [0.5, 0.6) is 0 Å². The van der Waals surface area contributed by atoms with Gasteiger partial charge in [-0.1, -0.05) is 13.8 Å². The van der Waals surface area contributed by atoms with E-state index in [0.717, 1.165) is 23.9 Å². The van der Waals surface area contributed by atoms with Crippen molar-refractivity contribution in [3.05, 3.63) is 0 Å². The summed E-state index contributed by atoms with van der Waals surface area (Å²) in [6, 6.07) is 1.78. The lowest BCUT2D eigenvalue weighted by Crippen LogP contribution is -2.31. The van der Waals surface area contributed by atoms with Gasteiger partial charge in [0.25, 0.3) is 0 Å². The van der Waals surface area contributed by atoms with Gasteiger partial charge >= 0.3 is 0 Å². The maximum Gasteiger partial charge on any atom is 0.0127 e. The molecule has 0 amide bonds. The summed E-state index contributed by atoms with van der Waals surface area (Å²) in [6.07, 6.45) is 2.88. The Kier molecular flexibility index (Phi) is 1.71. The Morgan fingerprint density at radius 3 is 2.45 bits per heavy atom. The van der Waals surface area contributed by atoms with E-state index in [-0.39, 0.29) is 0 Å². The lowest BCUT2D eigenvalue weighted by molar-refractivity contribution is 0.233. The summed E-state index contributed by atoms with van der Waals surface area (Å²) >= 11 is 0. The van der Waals surface area contributed by atoms with Crippen molar-refractivity contribution in [2.45, 2.75) is 45.7 Å². The second kappa shape index (κ2) is 2.48. The minimum absolute atomic E-state index is 0.852. The van der Waals surface area contributed by atoms with Gasteiger partial charge in [-0.2, -0.15) is 0 Å². The fraction of sp³-hybridized carbons (Fsp3) is 1.00. The first-order chi connectivity index (χ1) is 5.20. The molecule has 1 nitrogen and oxygen atoms in total. The van der Waals surface area contributed by atoms with Crippen molar-refractivity contribution in [3.8, 4) is 0 Å². The second-order valence-corrected chi connectivity index (χ2v) is 4.52. The lowest BCUT2D eigenvalue weighted by atomic mass is 9.95. The van der Waals surface area contributed by atoms with Crippen molar-refractivity contribution in [3.63, 3.8) is 0 Å². The van der Waals surface area contributed by atoms with Crippen LogP contribution in [0.15, 0.2) is 0 Å². The molecule has 2 saturated heterocycles. The molecule has 0 bridgehead atoms. The van der Waals surface area contributed by atoms with Gasteiger partial charge < -0.3 is 0 Å². The van der Waals surface area contributed by atoms with Crippen LogP contribution in [-0.4, -0.2) is 23.5 Å². The molecule has 0 aliphatic carbocycles. The highest BCUT2D eigenvalue weighted by Gasteiger charge is 2.42. The highest BCUT2D eigenvalue weighted by atomic mass is 15.2. The van der Waals surface area contributed by atoms with Crippen molar-refractivity contribution in [2.24, 2.45) is 11.8 Å². The second-order valence-electron chi connectivity index (χ2n) is 4.52. The molecule has 11 heavy (non-hydrogen) atoms. The summed E-state index contributed by atoms with van der Waals surface area (Å²) in [5, 5.41) is 0. The van der Waals surface area contributed by atoms with Crippen LogP contribution in [0.1, 0.15) is 33.6 Å². The van der Waals surface area contributed by atoms with E-state index >= 15 is 0 Å². The van der Waals surface area contributed by atoms with Crippen LogP contribution in [0.2, 0.25) is 0 Å². The molecule has 2 aliphatic heterocycles. The minimum Gasteiger partial charge on any atom is -0.297 e. The Balaban J connectivity index is 2.12. The first kappa shape index (κ1) is 7.60. The number of hydrogen-bond acceptors (Lipinski definition) is 1. The minimum atomic E-state index is 0.852. The third-order valence-electron chi connectivity index (χ3n) is 3.89. The fourth-order valence-corrected chi connectivity index (χ4v) is 2.82. The van der Waals surface area contributed by atoms with Crippen LogP contribution in [0, 0.1) is 11.8 Å². The molecule has 0 spiro atoms. The molecule has 0 N–H and O–H groups in total. The monoisotopic (exact) mass is 153 g/mol. The molecule has 2 heterocycles. The molecule has 0 aromatic rings. The van der Waals surface area contributed by atoms with Gasteiger partial charge in [0.1, 0.15) is 0 Å². The number of fused-ring (bicyclic) bond motifs is 1. The zero-order chi connectivity index (χ0) is 8.01. The number of rotatable bonds is 0. The molecule has 4 unspecified atom stereocenters. The van der Waals surface area contributed by atoms with Crippen molar-refractivity contribution >= 4 is 0 Å². The third kappa shape index (κ3) is 1.01. The molecule has 2 fully saturated rings. The zero-order valence-corrected chi connectivity index (χ0v) is 7.88. The SMILES string of the molecule is CC1CC2C(C)CCN2C1C. The summed E-state index contributed by atoms with van der Waals surface area (Å²) in [6.45, 7) is 8.56. The zero-order valence-electron chi connectivity index (χ0n) is 7.88. The van der Waals surface area contributed by atoms with Crippen molar-refractivity contribution in [1.82, 2.24) is 4.90 Å². The number of hydrogen-bond donors (Lipinski definition) is 0. The van der Waals surface area contributed by atoms with Gasteiger partial charge in [-0.15, -0.1) is 0 Å². The van der Waals surface area contributed by atoms with E-state index < -0.39 is 0 Å². The van der Waals surface area contributed by atoms with Crippen molar-refractivity contribution in [1.29, 1.82) is 0 Å². The molecule has 0 aromatic heterocycles. The molecule has 1 heteroatoms. The Hall–Kier alpha value is -0.0400. The highest BCUT2D eigenvalue weighted by Crippen LogP contribution is 2.38. The Morgan fingerprint density at radius 2 is 1.82 bits per heavy atom. The maximum atomic E-state index is 2.72. The van der Waals surface area contributed by atoms with Gasteiger partial charge in [0.2, 0.25) is 0 Å². The molecule has 0 radical (unpaired) electrons. The van der Waals surface area contributed by atoms with E-state index in [4.69, 9.17) is 0 Å². The third-order valence-corrected chi connectivity index (χ3v) is 3.89. The Labute approximate surface area is 69.8 Å². The smallest absolute Gasteiger partial charge is 0.0127 e. The normalized spacial score (nSPS) is 51.5. The van der Waals surface area contributed by atoms with E-state index in [1.54, 1.807) is 0 Å².